The van der Waals surface area contributed by atoms with Crippen LogP contribution in [0.4, 0.5) is 0 Å². The molecule has 0 radical (unpaired) electrons. The van der Waals surface area contributed by atoms with Crippen molar-refractivity contribution in [1.82, 2.24) is 19.7 Å². The molecule has 3 N–H and O–H groups in total. The zero-order chi connectivity index (χ0) is 21.3. The second-order valence-corrected chi connectivity index (χ2v) is 6.73. The third-order valence-corrected chi connectivity index (χ3v) is 4.81. The van der Waals surface area contributed by atoms with Crippen LogP contribution in [0.1, 0.15) is 27.2 Å². The summed E-state index contributed by atoms with van der Waals surface area (Å²) >= 11 is 0. The molecule has 0 unspecified atom stereocenters. The Morgan fingerprint density at radius 3 is 2.63 bits per heavy atom. The Kier molecular flexibility index (Phi) is 5.07. The molecule has 2 aromatic heterocycles. The molecular weight excluding hydrogens is 392 g/mol. The number of amides is 1. The van der Waals surface area contributed by atoms with Crippen LogP contribution in [0.5, 0.6) is 5.75 Å². The van der Waals surface area contributed by atoms with E-state index in [0.717, 1.165) is 11.3 Å². The molecule has 0 aliphatic carbocycles. The second-order valence-electron chi connectivity index (χ2n) is 6.73. The molecule has 1 aliphatic rings. The number of aliphatic carboxylic acids is 1. The molecule has 0 atom stereocenters. The zero-order valence-corrected chi connectivity index (χ0v) is 15.7. The number of rotatable bonds is 6. The zero-order valence-electron chi connectivity index (χ0n) is 15.7. The Hall–Kier alpha value is -3.92. The molecule has 0 bridgehead atoms. The van der Waals surface area contributed by atoms with Gasteiger partial charge < -0.3 is 24.8 Å². The van der Waals surface area contributed by atoms with Gasteiger partial charge in [-0.3, -0.25) is 14.4 Å². The maximum Gasteiger partial charge on any atom is 0.322 e. The van der Waals surface area contributed by atoms with Crippen molar-refractivity contribution >= 4 is 11.9 Å². The van der Waals surface area contributed by atoms with Gasteiger partial charge in [0.2, 0.25) is 0 Å². The smallest absolute Gasteiger partial charge is 0.322 e. The molecule has 0 saturated heterocycles. The van der Waals surface area contributed by atoms with Gasteiger partial charge in [0.15, 0.2) is 0 Å². The van der Waals surface area contributed by atoms with Gasteiger partial charge in [0.05, 0.1) is 31.1 Å². The van der Waals surface area contributed by atoms with Crippen molar-refractivity contribution in [2.45, 2.75) is 19.8 Å². The van der Waals surface area contributed by atoms with Crippen LogP contribution in [0.3, 0.4) is 0 Å². The molecular formula is C20H18N4O6. The number of hydrogen-bond donors (Lipinski definition) is 3. The fourth-order valence-electron chi connectivity index (χ4n) is 3.35. The number of hydrogen-bond acceptors (Lipinski definition) is 6. The average molecular weight is 410 g/mol. The summed E-state index contributed by atoms with van der Waals surface area (Å²) in [4.78, 5) is 36.1. The molecule has 154 valence electrons. The summed E-state index contributed by atoms with van der Waals surface area (Å²) in [5.41, 5.74) is 1.28. The number of carbonyl (C=O) groups is 2. The number of nitrogens with zero attached hydrogens (tertiary/aromatic N) is 3. The molecule has 0 spiro atoms. The summed E-state index contributed by atoms with van der Waals surface area (Å²) in [7, 11) is 0. The number of pyridine rings is 1. The largest absolute Gasteiger partial charge is 0.506 e. The van der Waals surface area contributed by atoms with Crippen LogP contribution in [-0.4, -0.2) is 43.0 Å². The monoisotopic (exact) mass is 410 g/mol. The Morgan fingerprint density at radius 1 is 1.20 bits per heavy atom. The first-order valence-corrected chi connectivity index (χ1v) is 9.10. The predicted molar refractivity (Wildman–Crippen MR) is 103 cm³/mol. The summed E-state index contributed by atoms with van der Waals surface area (Å²) in [6.45, 7) is -0.330. The molecule has 1 aliphatic heterocycles. The Balaban J connectivity index is 1.70. The highest BCUT2D eigenvalue weighted by molar-refractivity contribution is 5.98. The minimum absolute atomic E-state index is 0.0545. The molecule has 3 heterocycles. The van der Waals surface area contributed by atoms with Crippen molar-refractivity contribution < 1.29 is 24.5 Å². The highest BCUT2D eigenvalue weighted by atomic mass is 16.5. The third-order valence-electron chi connectivity index (χ3n) is 4.81. The van der Waals surface area contributed by atoms with Gasteiger partial charge in [0, 0.05) is 18.0 Å². The van der Waals surface area contributed by atoms with E-state index in [0.29, 0.717) is 11.3 Å². The quantitative estimate of drug-likeness (QED) is 0.542. The minimum atomic E-state index is -1.26. The summed E-state index contributed by atoms with van der Waals surface area (Å²) in [5, 5.41) is 25.5. The fourth-order valence-corrected chi connectivity index (χ4v) is 3.35. The van der Waals surface area contributed by atoms with Gasteiger partial charge >= 0.3 is 5.97 Å². The number of carboxylic acids is 1. The number of benzene rings is 1. The van der Waals surface area contributed by atoms with E-state index in [1.54, 1.807) is 10.9 Å². The van der Waals surface area contributed by atoms with E-state index < -0.39 is 35.3 Å². The molecule has 3 aromatic rings. The molecule has 10 nitrogen and oxygen atoms in total. The van der Waals surface area contributed by atoms with E-state index in [-0.39, 0.29) is 19.8 Å². The summed E-state index contributed by atoms with van der Waals surface area (Å²) in [6, 6.07) is 9.19. The molecule has 10 heteroatoms. The van der Waals surface area contributed by atoms with Crippen LogP contribution in [0.25, 0.3) is 5.69 Å². The normalized spacial score (nSPS) is 12.5. The van der Waals surface area contributed by atoms with Crippen molar-refractivity contribution in [2.75, 3.05) is 6.54 Å². The SMILES string of the molecule is O=C(O)CNC(=O)c1c(O)c2c(n(Cc3ccc(-n4cccn4)cc3)c1=O)COC2. The first kappa shape index (κ1) is 19.4. The molecule has 0 fully saturated rings. The third kappa shape index (κ3) is 3.55. The number of fused-ring (bicyclic) bond motifs is 1. The van der Waals surface area contributed by atoms with E-state index in [9.17, 15) is 19.5 Å². The van der Waals surface area contributed by atoms with E-state index >= 15 is 0 Å². The van der Waals surface area contributed by atoms with Crippen molar-refractivity contribution in [3.8, 4) is 11.4 Å². The highest BCUT2D eigenvalue weighted by Crippen LogP contribution is 2.30. The van der Waals surface area contributed by atoms with Crippen molar-refractivity contribution in [3.63, 3.8) is 0 Å². The van der Waals surface area contributed by atoms with Crippen molar-refractivity contribution in [2.24, 2.45) is 0 Å². The molecule has 0 saturated carbocycles. The number of carbonyl (C=O) groups excluding carboxylic acids is 1. The van der Waals surface area contributed by atoms with Crippen LogP contribution in [0, 0.1) is 0 Å². The van der Waals surface area contributed by atoms with Gasteiger partial charge in [-0.15, -0.1) is 0 Å². The Morgan fingerprint density at radius 2 is 1.97 bits per heavy atom. The van der Waals surface area contributed by atoms with E-state index in [4.69, 9.17) is 9.84 Å². The van der Waals surface area contributed by atoms with Crippen LogP contribution >= 0.6 is 0 Å². The predicted octanol–water partition coefficient (Wildman–Crippen LogP) is 0.632. The van der Waals surface area contributed by atoms with Crippen molar-refractivity contribution in [3.05, 3.63) is 75.5 Å². The van der Waals surface area contributed by atoms with E-state index in [1.165, 1.54) is 4.57 Å². The number of carboxylic acid groups (broad SMARTS) is 1. The van der Waals surface area contributed by atoms with Gasteiger partial charge in [-0.2, -0.15) is 5.10 Å². The standard InChI is InChI=1S/C20H18N4O6/c25-16(26)8-21-19(28)17-18(27)14-10-30-11-15(14)23(20(17)29)9-12-2-4-13(5-3-12)24-7-1-6-22-24/h1-7,27H,8-11H2,(H,21,28)(H,25,26). The van der Waals surface area contributed by atoms with Gasteiger partial charge in [0.1, 0.15) is 17.9 Å². The van der Waals surface area contributed by atoms with Gasteiger partial charge in [-0.25, -0.2) is 4.68 Å². The average Bonchev–Trinajstić information content (AvgIpc) is 3.42. The van der Waals surface area contributed by atoms with E-state index in [1.807, 2.05) is 36.5 Å². The van der Waals surface area contributed by atoms with Crippen LogP contribution < -0.4 is 10.9 Å². The summed E-state index contributed by atoms with van der Waals surface area (Å²) in [6.07, 6.45) is 3.48. The minimum Gasteiger partial charge on any atom is -0.506 e. The number of aromatic nitrogens is 3. The second kappa shape index (κ2) is 7.84. The van der Waals surface area contributed by atoms with Crippen LogP contribution in [-0.2, 0) is 29.3 Å². The van der Waals surface area contributed by atoms with E-state index in [2.05, 4.69) is 10.4 Å². The Bertz CT molecular complexity index is 1170. The van der Waals surface area contributed by atoms with Gasteiger partial charge in [0.25, 0.3) is 11.5 Å². The van der Waals surface area contributed by atoms with Gasteiger partial charge in [-0.1, -0.05) is 12.1 Å². The highest BCUT2D eigenvalue weighted by Gasteiger charge is 2.29. The number of ether oxygens (including phenoxy) is 1. The molecule has 1 amide bonds. The Labute approximate surface area is 170 Å². The number of aromatic hydroxyl groups is 1. The lowest BCUT2D eigenvalue weighted by molar-refractivity contribution is -0.135. The summed E-state index contributed by atoms with van der Waals surface area (Å²) in [5.74, 6) is -2.68. The number of nitrogens with one attached hydrogen (secondary N) is 1. The maximum absolute atomic E-state index is 13.0. The topological polar surface area (TPSA) is 136 Å². The summed E-state index contributed by atoms with van der Waals surface area (Å²) < 4.78 is 8.45. The first-order chi connectivity index (χ1) is 14.5. The molecule has 4 rings (SSSR count). The van der Waals surface area contributed by atoms with Crippen LogP contribution in [0.15, 0.2) is 47.5 Å². The van der Waals surface area contributed by atoms with Crippen LogP contribution in [0.2, 0.25) is 0 Å². The molecule has 30 heavy (non-hydrogen) atoms. The first-order valence-electron chi connectivity index (χ1n) is 9.10. The molecule has 1 aromatic carbocycles. The fraction of sp³-hybridized carbons (Fsp3) is 0.200. The lowest BCUT2D eigenvalue weighted by atomic mass is 10.1. The van der Waals surface area contributed by atoms with Crippen molar-refractivity contribution in [1.29, 1.82) is 0 Å². The lowest BCUT2D eigenvalue weighted by Gasteiger charge is -2.15. The maximum atomic E-state index is 13.0. The van der Waals surface area contributed by atoms with Gasteiger partial charge in [-0.05, 0) is 23.8 Å². The lowest BCUT2D eigenvalue weighted by Crippen LogP contribution is -2.37.